The predicted octanol–water partition coefficient (Wildman–Crippen LogP) is 21.1. The molecule has 0 rings (SSSR count). The summed E-state index contributed by atoms with van der Waals surface area (Å²) in [5.74, 6) is -0.828. The zero-order valence-electron chi connectivity index (χ0n) is 47.1. The number of esters is 3. The highest BCUT2D eigenvalue weighted by Crippen LogP contribution is 2.18. The number of rotatable bonds is 59. The minimum Gasteiger partial charge on any atom is -0.462 e. The van der Waals surface area contributed by atoms with E-state index in [1.54, 1.807) is 0 Å². The monoisotopic (exact) mass is 975 g/mol. The molecule has 410 valence electrons. The second-order valence-corrected chi connectivity index (χ2v) is 21.7. The van der Waals surface area contributed by atoms with Crippen molar-refractivity contribution in [3.63, 3.8) is 0 Å². The summed E-state index contributed by atoms with van der Waals surface area (Å²) in [6.07, 6.45) is 66.8. The maximum atomic E-state index is 12.9. The fourth-order valence-electron chi connectivity index (χ4n) is 9.86. The van der Waals surface area contributed by atoms with Crippen LogP contribution < -0.4 is 0 Å². The summed E-state index contributed by atoms with van der Waals surface area (Å²) in [4.78, 5) is 38.2. The van der Waals surface area contributed by atoms with Crippen LogP contribution >= 0.6 is 0 Å². The Kier molecular flexibility index (Phi) is 57.6. The molecule has 0 aromatic heterocycles. The SMILES string of the molecule is CCCCCCCCCCCCCCCCCCCCCCCC(=O)OCC(COC(=O)CCCCCCCCCCCCC)OC(=O)CCCCCCCCCCCCCCCCCCCCC. The topological polar surface area (TPSA) is 78.9 Å². The molecule has 0 aromatic carbocycles. The number of carbonyl (C=O) groups excluding carboxylic acids is 3. The van der Waals surface area contributed by atoms with E-state index >= 15 is 0 Å². The normalized spacial score (nSPS) is 11.9. The molecule has 0 amide bonds. The molecule has 0 aliphatic heterocycles. The summed E-state index contributed by atoms with van der Waals surface area (Å²) in [7, 11) is 0. The highest BCUT2D eigenvalue weighted by molar-refractivity contribution is 5.71. The van der Waals surface area contributed by atoms with E-state index in [0.29, 0.717) is 19.3 Å². The molecule has 0 aliphatic carbocycles. The van der Waals surface area contributed by atoms with Crippen molar-refractivity contribution < 1.29 is 28.6 Å². The summed E-state index contributed by atoms with van der Waals surface area (Å²) in [5.41, 5.74) is 0. The van der Waals surface area contributed by atoms with Gasteiger partial charge in [-0.05, 0) is 19.3 Å². The highest BCUT2D eigenvalue weighted by atomic mass is 16.6. The Morgan fingerprint density at radius 3 is 0.580 bits per heavy atom. The third-order valence-electron chi connectivity index (χ3n) is 14.6. The Balaban J connectivity index is 4.20. The van der Waals surface area contributed by atoms with Gasteiger partial charge in [-0.3, -0.25) is 14.4 Å². The quantitative estimate of drug-likeness (QED) is 0.0343. The summed E-state index contributed by atoms with van der Waals surface area (Å²) < 4.78 is 16.9. The lowest BCUT2D eigenvalue weighted by Crippen LogP contribution is -2.30. The van der Waals surface area contributed by atoms with Crippen molar-refractivity contribution >= 4 is 17.9 Å². The molecular weight excluding hydrogens is 853 g/mol. The van der Waals surface area contributed by atoms with Crippen molar-refractivity contribution in [2.45, 2.75) is 374 Å². The molecule has 0 heterocycles. The van der Waals surface area contributed by atoms with Crippen LogP contribution in [0.15, 0.2) is 0 Å². The van der Waals surface area contributed by atoms with E-state index in [1.165, 1.54) is 270 Å². The Labute approximate surface area is 431 Å². The first-order valence-electron chi connectivity index (χ1n) is 31.5. The number of hydrogen-bond acceptors (Lipinski definition) is 6. The second kappa shape index (κ2) is 59.0. The van der Waals surface area contributed by atoms with Gasteiger partial charge in [-0.25, -0.2) is 0 Å². The molecule has 6 heteroatoms. The van der Waals surface area contributed by atoms with Gasteiger partial charge in [0.1, 0.15) is 13.2 Å². The minimum absolute atomic E-state index is 0.0608. The minimum atomic E-state index is -0.761. The standard InChI is InChI=1S/C63H122O6/c1-4-7-10-13-16-19-22-24-26-28-30-31-33-34-36-38-41-44-47-50-53-56-62(65)68-59-60(58-67-61(64)55-52-49-46-43-40-21-18-15-12-9-6-3)69-63(66)57-54-51-48-45-42-39-37-35-32-29-27-25-23-20-17-14-11-8-5-2/h60H,4-59H2,1-3H3. The molecule has 0 saturated heterocycles. The smallest absolute Gasteiger partial charge is 0.306 e. The zero-order chi connectivity index (χ0) is 50.0. The third-order valence-corrected chi connectivity index (χ3v) is 14.6. The van der Waals surface area contributed by atoms with Gasteiger partial charge in [0, 0.05) is 19.3 Å². The Hall–Kier alpha value is -1.59. The van der Waals surface area contributed by atoms with Gasteiger partial charge in [-0.1, -0.05) is 329 Å². The molecule has 0 spiro atoms. The van der Waals surface area contributed by atoms with Crippen LogP contribution in [-0.4, -0.2) is 37.2 Å². The van der Waals surface area contributed by atoms with E-state index in [1.807, 2.05) is 0 Å². The zero-order valence-corrected chi connectivity index (χ0v) is 47.1. The second-order valence-electron chi connectivity index (χ2n) is 21.7. The summed E-state index contributed by atoms with van der Waals surface area (Å²) in [6.45, 7) is 6.72. The number of unbranched alkanes of at least 4 members (excludes halogenated alkanes) is 48. The van der Waals surface area contributed by atoms with Gasteiger partial charge in [0.15, 0.2) is 6.10 Å². The lowest BCUT2D eigenvalue weighted by atomic mass is 10.0. The highest BCUT2D eigenvalue weighted by Gasteiger charge is 2.19. The van der Waals surface area contributed by atoms with Gasteiger partial charge in [-0.2, -0.15) is 0 Å². The average molecular weight is 976 g/mol. The molecule has 6 nitrogen and oxygen atoms in total. The maximum absolute atomic E-state index is 12.9. The Morgan fingerprint density at radius 1 is 0.232 bits per heavy atom. The van der Waals surface area contributed by atoms with E-state index in [2.05, 4.69) is 20.8 Å². The van der Waals surface area contributed by atoms with Crippen molar-refractivity contribution in [1.29, 1.82) is 0 Å². The summed E-state index contributed by atoms with van der Waals surface area (Å²) in [6, 6.07) is 0. The van der Waals surface area contributed by atoms with Crippen LogP contribution in [0.4, 0.5) is 0 Å². The number of carbonyl (C=O) groups is 3. The molecule has 0 aliphatic rings. The van der Waals surface area contributed by atoms with Crippen molar-refractivity contribution in [2.24, 2.45) is 0 Å². The van der Waals surface area contributed by atoms with Crippen molar-refractivity contribution in [1.82, 2.24) is 0 Å². The molecule has 0 bridgehead atoms. The van der Waals surface area contributed by atoms with E-state index in [0.717, 1.165) is 57.8 Å². The van der Waals surface area contributed by atoms with Crippen LogP contribution in [0.2, 0.25) is 0 Å². The maximum Gasteiger partial charge on any atom is 0.306 e. The van der Waals surface area contributed by atoms with Gasteiger partial charge in [0.25, 0.3) is 0 Å². The molecule has 0 saturated carbocycles. The van der Waals surface area contributed by atoms with Gasteiger partial charge in [0.05, 0.1) is 0 Å². The largest absolute Gasteiger partial charge is 0.462 e. The molecule has 1 unspecified atom stereocenters. The van der Waals surface area contributed by atoms with Crippen molar-refractivity contribution in [2.75, 3.05) is 13.2 Å². The fourth-order valence-corrected chi connectivity index (χ4v) is 9.86. The van der Waals surface area contributed by atoms with Crippen molar-refractivity contribution in [3.8, 4) is 0 Å². The van der Waals surface area contributed by atoms with Gasteiger partial charge in [0.2, 0.25) is 0 Å². The van der Waals surface area contributed by atoms with Crippen molar-refractivity contribution in [3.05, 3.63) is 0 Å². The van der Waals surface area contributed by atoms with Crippen LogP contribution in [0.1, 0.15) is 367 Å². The molecular formula is C63H122O6. The van der Waals surface area contributed by atoms with Crippen LogP contribution in [0.25, 0.3) is 0 Å². The Bertz CT molecular complexity index is 1030. The molecule has 0 radical (unpaired) electrons. The van der Waals surface area contributed by atoms with E-state index < -0.39 is 6.10 Å². The Morgan fingerprint density at radius 2 is 0.391 bits per heavy atom. The van der Waals surface area contributed by atoms with Crippen LogP contribution in [0.5, 0.6) is 0 Å². The van der Waals surface area contributed by atoms with Gasteiger partial charge >= 0.3 is 17.9 Å². The molecule has 0 N–H and O–H groups in total. The average Bonchev–Trinajstić information content (AvgIpc) is 3.35. The van der Waals surface area contributed by atoms with E-state index in [-0.39, 0.29) is 31.1 Å². The van der Waals surface area contributed by atoms with E-state index in [9.17, 15) is 14.4 Å². The van der Waals surface area contributed by atoms with Crippen LogP contribution in [-0.2, 0) is 28.6 Å². The summed E-state index contributed by atoms with van der Waals surface area (Å²) >= 11 is 0. The fraction of sp³-hybridized carbons (Fsp3) is 0.952. The molecule has 1 atom stereocenters. The van der Waals surface area contributed by atoms with Gasteiger partial charge < -0.3 is 14.2 Å². The molecule has 69 heavy (non-hydrogen) atoms. The predicted molar refractivity (Wildman–Crippen MR) is 298 cm³/mol. The van der Waals surface area contributed by atoms with Gasteiger partial charge in [-0.15, -0.1) is 0 Å². The molecule has 0 aromatic rings. The summed E-state index contributed by atoms with van der Waals surface area (Å²) in [5, 5.41) is 0. The number of ether oxygens (including phenoxy) is 3. The lowest BCUT2D eigenvalue weighted by molar-refractivity contribution is -0.167. The first kappa shape index (κ1) is 67.4. The molecule has 0 fully saturated rings. The lowest BCUT2D eigenvalue weighted by Gasteiger charge is -2.18. The first-order chi connectivity index (χ1) is 34.0. The van der Waals surface area contributed by atoms with Crippen LogP contribution in [0, 0.1) is 0 Å². The number of hydrogen-bond donors (Lipinski definition) is 0. The first-order valence-corrected chi connectivity index (χ1v) is 31.5. The van der Waals surface area contributed by atoms with E-state index in [4.69, 9.17) is 14.2 Å². The third kappa shape index (κ3) is 57.2. The van der Waals surface area contributed by atoms with Crippen LogP contribution in [0.3, 0.4) is 0 Å².